The molecule has 0 saturated carbocycles. The Bertz CT molecular complexity index is 355. The third-order valence-electron chi connectivity index (χ3n) is 2.64. The van der Waals surface area contributed by atoms with Gasteiger partial charge in [-0.25, -0.2) is 0 Å². The maximum atomic E-state index is 11.8. The highest BCUT2D eigenvalue weighted by Crippen LogP contribution is 2.04. The second-order valence-corrected chi connectivity index (χ2v) is 3.69. The van der Waals surface area contributed by atoms with Crippen LogP contribution >= 0.6 is 0 Å². The predicted molar refractivity (Wildman–Crippen MR) is 54.4 cm³/mol. The van der Waals surface area contributed by atoms with Crippen molar-refractivity contribution >= 4 is 12.3 Å². The van der Waals surface area contributed by atoms with Crippen molar-refractivity contribution in [1.29, 1.82) is 0 Å². The van der Waals surface area contributed by atoms with Gasteiger partial charge in [-0.05, 0) is 0 Å². The molecule has 0 atom stereocenters. The molecule has 1 aliphatic heterocycles. The van der Waals surface area contributed by atoms with Gasteiger partial charge in [0.05, 0.1) is 12.1 Å². The van der Waals surface area contributed by atoms with E-state index in [1.807, 2.05) is 0 Å². The average Bonchev–Trinajstić information content (AvgIpc) is 2.82. The zero-order chi connectivity index (χ0) is 11.4. The Balaban J connectivity index is 1.84. The molecule has 16 heavy (non-hydrogen) atoms. The number of nitrogens with zero attached hydrogens (tertiary/aromatic N) is 3. The van der Waals surface area contributed by atoms with Gasteiger partial charge in [0.15, 0.2) is 0 Å². The topological polar surface area (TPSA) is 66.7 Å². The molecule has 1 fully saturated rings. The second-order valence-electron chi connectivity index (χ2n) is 3.69. The molecule has 2 amide bonds. The molecule has 2 rings (SSSR count). The van der Waals surface area contributed by atoms with Gasteiger partial charge in [-0.2, -0.15) is 0 Å². The summed E-state index contributed by atoms with van der Waals surface area (Å²) in [4.78, 5) is 25.7. The lowest BCUT2D eigenvalue weighted by Crippen LogP contribution is -2.48. The van der Waals surface area contributed by atoms with Gasteiger partial charge in [0.1, 0.15) is 6.26 Å². The Labute approximate surface area is 92.8 Å². The summed E-state index contributed by atoms with van der Waals surface area (Å²) in [5, 5.41) is 3.69. The lowest BCUT2D eigenvalue weighted by Gasteiger charge is -2.32. The molecular formula is C10H13N3O3. The Morgan fingerprint density at radius 1 is 1.44 bits per heavy atom. The Morgan fingerprint density at radius 3 is 2.75 bits per heavy atom. The highest BCUT2D eigenvalue weighted by atomic mass is 16.5. The van der Waals surface area contributed by atoms with E-state index in [1.54, 1.807) is 15.9 Å². The number of piperazine rings is 1. The van der Waals surface area contributed by atoms with Crippen molar-refractivity contribution in [2.45, 2.75) is 6.42 Å². The van der Waals surface area contributed by atoms with Crippen LogP contribution in [0.5, 0.6) is 0 Å². The summed E-state index contributed by atoms with van der Waals surface area (Å²) in [5.41, 5.74) is 0.641. The van der Waals surface area contributed by atoms with Crippen molar-refractivity contribution < 1.29 is 14.1 Å². The van der Waals surface area contributed by atoms with Crippen molar-refractivity contribution in [3.63, 3.8) is 0 Å². The molecule has 6 nitrogen and oxygen atoms in total. The van der Waals surface area contributed by atoms with Gasteiger partial charge in [0.2, 0.25) is 12.3 Å². The number of carbonyl (C=O) groups is 2. The first-order valence-electron chi connectivity index (χ1n) is 5.16. The van der Waals surface area contributed by atoms with Crippen LogP contribution in [0, 0.1) is 0 Å². The third kappa shape index (κ3) is 2.39. The van der Waals surface area contributed by atoms with E-state index in [4.69, 9.17) is 0 Å². The highest BCUT2D eigenvalue weighted by Gasteiger charge is 2.20. The van der Waals surface area contributed by atoms with E-state index in [0.29, 0.717) is 31.9 Å². The molecular weight excluding hydrogens is 210 g/mol. The molecule has 0 spiro atoms. The summed E-state index contributed by atoms with van der Waals surface area (Å²) in [7, 11) is 0. The smallest absolute Gasteiger partial charge is 0.228 e. The SMILES string of the molecule is O=CN1CCN(C(=O)Cc2ccon2)CC1. The van der Waals surface area contributed by atoms with Crippen LogP contribution in [0.3, 0.4) is 0 Å². The van der Waals surface area contributed by atoms with E-state index in [9.17, 15) is 9.59 Å². The lowest BCUT2D eigenvalue weighted by molar-refractivity contribution is -0.134. The zero-order valence-electron chi connectivity index (χ0n) is 8.83. The minimum absolute atomic E-state index is 0.0273. The lowest BCUT2D eigenvalue weighted by atomic mass is 10.2. The largest absolute Gasteiger partial charge is 0.364 e. The van der Waals surface area contributed by atoms with E-state index < -0.39 is 0 Å². The first-order valence-corrected chi connectivity index (χ1v) is 5.16. The predicted octanol–water partition coefficient (Wildman–Crippen LogP) is -0.482. The number of rotatable bonds is 3. The van der Waals surface area contributed by atoms with Gasteiger partial charge in [0.25, 0.3) is 0 Å². The van der Waals surface area contributed by atoms with Crippen LogP contribution in [-0.2, 0) is 16.0 Å². The number of amides is 2. The van der Waals surface area contributed by atoms with E-state index in [1.165, 1.54) is 6.26 Å². The Morgan fingerprint density at radius 2 is 2.19 bits per heavy atom. The van der Waals surface area contributed by atoms with Gasteiger partial charge in [-0.1, -0.05) is 5.16 Å². The van der Waals surface area contributed by atoms with Crippen molar-refractivity contribution in [3.05, 3.63) is 18.0 Å². The van der Waals surface area contributed by atoms with Crippen molar-refractivity contribution in [3.8, 4) is 0 Å². The van der Waals surface area contributed by atoms with E-state index >= 15 is 0 Å². The van der Waals surface area contributed by atoms with E-state index in [2.05, 4.69) is 9.68 Å². The van der Waals surface area contributed by atoms with Gasteiger partial charge < -0.3 is 14.3 Å². The van der Waals surface area contributed by atoms with Crippen molar-refractivity contribution in [1.82, 2.24) is 15.0 Å². The van der Waals surface area contributed by atoms with Crippen LogP contribution < -0.4 is 0 Å². The van der Waals surface area contributed by atoms with Crippen molar-refractivity contribution in [2.75, 3.05) is 26.2 Å². The van der Waals surface area contributed by atoms with Crippen LogP contribution in [0.1, 0.15) is 5.69 Å². The van der Waals surface area contributed by atoms with E-state index in [0.717, 1.165) is 6.41 Å². The summed E-state index contributed by atoms with van der Waals surface area (Å²) >= 11 is 0. The molecule has 0 N–H and O–H groups in total. The summed E-state index contributed by atoms with van der Waals surface area (Å²) in [6.45, 7) is 2.40. The fourth-order valence-electron chi connectivity index (χ4n) is 1.67. The molecule has 0 aliphatic carbocycles. The second kappa shape index (κ2) is 4.78. The van der Waals surface area contributed by atoms with Crippen molar-refractivity contribution in [2.24, 2.45) is 0 Å². The van der Waals surface area contributed by atoms with Crippen LogP contribution in [0.4, 0.5) is 0 Å². The summed E-state index contributed by atoms with van der Waals surface area (Å²) in [6.07, 6.45) is 2.53. The maximum absolute atomic E-state index is 11.8. The first kappa shape index (κ1) is 10.7. The normalized spacial score (nSPS) is 16.2. The van der Waals surface area contributed by atoms with Gasteiger partial charge in [-0.15, -0.1) is 0 Å². The first-order chi connectivity index (χ1) is 7.79. The number of hydrogen-bond donors (Lipinski definition) is 0. The Kier molecular flexibility index (Phi) is 3.19. The summed E-state index contributed by atoms with van der Waals surface area (Å²) < 4.78 is 4.66. The molecule has 1 aromatic heterocycles. The molecule has 86 valence electrons. The summed E-state index contributed by atoms with van der Waals surface area (Å²) in [6, 6.07) is 1.68. The quantitative estimate of drug-likeness (QED) is 0.649. The number of carbonyl (C=O) groups excluding carboxylic acids is 2. The average molecular weight is 223 g/mol. The van der Waals surface area contributed by atoms with Gasteiger partial charge >= 0.3 is 0 Å². The monoisotopic (exact) mass is 223 g/mol. The number of hydrogen-bond acceptors (Lipinski definition) is 4. The Hall–Kier alpha value is -1.85. The van der Waals surface area contributed by atoms with E-state index in [-0.39, 0.29) is 12.3 Å². The van der Waals surface area contributed by atoms with Gasteiger partial charge in [-0.3, -0.25) is 9.59 Å². The standard InChI is InChI=1S/C10H13N3O3/c14-8-12-2-4-13(5-3-12)10(15)7-9-1-6-16-11-9/h1,6,8H,2-5,7H2. The maximum Gasteiger partial charge on any atom is 0.228 e. The number of aromatic nitrogens is 1. The molecule has 1 aromatic rings. The molecule has 0 aromatic carbocycles. The fraction of sp³-hybridized carbons (Fsp3) is 0.500. The molecule has 2 heterocycles. The fourth-order valence-corrected chi connectivity index (χ4v) is 1.67. The molecule has 0 bridgehead atoms. The minimum atomic E-state index is 0.0273. The molecule has 0 unspecified atom stereocenters. The van der Waals surface area contributed by atoms with Gasteiger partial charge in [0, 0.05) is 32.2 Å². The van der Waals surface area contributed by atoms with Crippen LogP contribution in [0.2, 0.25) is 0 Å². The zero-order valence-corrected chi connectivity index (χ0v) is 8.83. The van der Waals surface area contributed by atoms with Crippen LogP contribution in [-0.4, -0.2) is 53.5 Å². The summed E-state index contributed by atoms with van der Waals surface area (Å²) in [5.74, 6) is 0.0273. The third-order valence-corrected chi connectivity index (χ3v) is 2.64. The molecule has 1 saturated heterocycles. The minimum Gasteiger partial charge on any atom is -0.364 e. The van der Waals surface area contributed by atoms with Crippen LogP contribution in [0.15, 0.2) is 16.9 Å². The highest BCUT2D eigenvalue weighted by molar-refractivity contribution is 5.78. The molecule has 1 aliphatic rings. The molecule has 6 heteroatoms. The molecule has 0 radical (unpaired) electrons. The van der Waals surface area contributed by atoms with Crippen LogP contribution in [0.25, 0.3) is 0 Å².